The highest BCUT2D eigenvalue weighted by molar-refractivity contribution is 6.06. The van der Waals surface area contributed by atoms with Crippen LogP contribution in [0, 0.1) is 5.92 Å². The summed E-state index contributed by atoms with van der Waals surface area (Å²) >= 11 is 0. The van der Waals surface area contributed by atoms with E-state index in [2.05, 4.69) is 10.5 Å². The van der Waals surface area contributed by atoms with Gasteiger partial charge in [0.15, 0.2) is 0 Å². The summed E-state index contributed by atoms with van der Waals surface area (Å²) in [6, 6.07) is 13.7. The number of amides is 2. The number of rotatable bonds is 7. The molecule has 0 aromatic heterocycles. The zero-order valence-electron chi connectivity index (χ0n) is 18.9. The van der Waals surface area contributed by atoms with Gasteiger partial charge in [0.2, 0.25) is 5.91 Å². The summed E-state index contributed by atoms with van der Waals surface area (Å²) in [7, 11) is 0. The maximum absolute atomic E-state index is 12.5. The van der Waals surface area contributed by atoms with Crippen LogP contribution in [0.5, 0.6) is 5.75 Å². The van der Waals surface area contributed by atoms with E-state index in [-0.39, 0.29) is 17.6 Å². The highest BCUT2D eigenvalue weighted by Crippen LogP contribution is 2.29. The van der Waals surface area contributed by atoms with Gasteiger partial charge in [-0.3, -0.25) is 14.4 Å². The van der Waals surface area contributed by atoms with Crippen LogP contribution < -0.4 is 10.1 Å². The second-order valence-corrected chi connectivity index (χ2v) is 8.16. The van der Waals surface area contributed by atoms with Crippen LogP contribution in [0.2, 0.25) is 0 Å². The zero-order valence-corrected chi connectivity index (χ0v) is 18.9. The number of nitrogens with zero attached hydrogens (tertiary/aromatic N) is 2. The van der Waals surface area contributed by atoms with Crippen LogP contribution in [0.25, 0.3) is 0 Å². The minimum atomic E-state index is -0.517. The molecule has 0 bridgehead atoms. The molecule has 0 spiro atoms. The number of nitrogens with one attached hydrogen (secondary N) is 1. The van der Waals surface area contributed by atoms with Crippen molar-refractivity contribution in [2.24, 2.45) is 11.1 Å². The first-order valence-electron chi connectivity index (χ1n) is 11.0. The molecule has 1 aliphatic rings. The molecule has 2 amide bonds. The van der Waals surface area contributed by atoms with Gasteiger partial charge in [-0.2, -0.15) is 0 Å². The van der Waals surface area contributed by atoms with Crippen molar-refractivity contribution in [3.8, 4) is 5.75 Å². The van der Waals surface area contributed by atoms with Gasteiger partial charge in [0.25, 0.3) is 5.91 Å². The van der Waals surface area contributed by atoms with Crippen molar-refractivity contribution in [2.75, 3.05) is 18.4 Å². The van der Waals surface area contributed by atoms with Gasteiger partial charge in [-0.1, -0.05) is 23.4 Å². The predicted octanol–water partition coefficient (Wildman–Crippen LogP) is 4.08. The summed E-state index contributed by atoms with van der Waals surface area (Å²) in [6.07, 6.45) is 3.08. The Hall–Kier alpha value is -3.68. The lowest BCUT2D eigenvalue weighted by Crippen LogP contribution is -2.37. The number of esters is 1. The number of ether oxygens (including phenoxy) is 1. The Balaban J connectivity index is 1.71. The lowest BCUT2D eigenvalue weighted by Gasteiger charge is -2.31. The Bertz CT molecular complexity index is 1030. The van der Waals surface area contributed by atoms with E-state index in [4.69, 9.17) is 4.74 Å². The van der Waals surface area contributed by atoms with Crippen molar-refractivity contribution in [2.45, 2.75) is 39.5 Å². The molecule has 8 nitrogen and oxygen atoms in total. The number of oxime groups is 1. The first kappa shape index (κ1) is 24.0. The zero-order chi connectivity index (χ0) is 23.8. The van der Waals surface area contributed by atoms with Gasteiger partial charge < -0.3 is 20.2 Å². The van der Waals surface area contributed by atoms with Crippen LogP contribution in [-0.4, -0.2) is 46.7 Å². The van der Waals surface area contributed by atoms with Crippen molar-refractivity contribution in [3.63, 3.8) is 0 Å². The van der Waals surface area contributed by atoms with E-state index in [1.807, 2.05) is 11.0 Å². The summed E-state index contributed by atoms with van der Waals surface area (Å²) in [5, 5.41) is 15.9. The molecular formula is C25H29N3O5. The minimum absolute atomic E-state index is 0.0940. The van der Waals surface area contributed by atoms with E-state index in [0.29, 0.717) is 34.9 Å². The first-order valence-corrected chi connectivity index (χ1v) is 11.0. The highest BCUT2D eigenvalue weighted by Gasteiger charge is 2.22. The number of likely N-dealkylation sites (tertiary alicyclic amines) is 1. The fraction of sp³-hybridized carbons (Fsp3) is 0.360. The van der Waals surface area contributed by atoms with E-state index in [1.165, 1.54) is 6.92 Å². The van der Waals surface area contributed by atoms with E-state index in [1.54, 1.807) is 49.4 Å². The summed E-state index contributed by atoms with van der Waals surface area (Å²) in [4.78, 5) is 37.5. The average Bonchev–Trinajstić information content (AvgIpc) is 2.81. The summed E-state index contributed by atoms with van der Waals surface area (Å²) in [5.74, 6) is -0.0789. The SMILES string of the molecule is CC(=O)Oc1cc(NC(=O)c2ccccc2)ccc1C(CCC1CCN(C(C)=O)CC1)=NO. The Kier molecular flexibility index (Phi) is 8.18. The highest BCUT2D eigenvalue weighted by atomic mass is 16.5. The molecule has 8 heteroatoms. The van der Waals surface area contributed by atoms with Gasteiger partial charge in [0, 0.05) is 49.8 Å². The molecule has 0 aliphatic carbocycles. The molecule has 0 atom stereocenters. The van der Waals surface area contributed by atoms with E-state index < -0.39 is 5.97 Å². The molecule has 0 unspecified atom stereocenters. The molecule has 2 aromatic carbocycles. The van der Waals surface area contributed by atoms with Crippen LogP contribution in [-0.2, 0) is 9.59 Å². The Morgan fingerprint density at radius 1 is 1.09 bits per heavy atom. The number of benzene rings is 2. The molecule has 1 heterocycles. The van der Waals surface area contributed by atoms with Crippen LogP contribution >= 0.6 is 0 Å². The van der Waals surface area contributed by atoms with Gasteiger partial charge >= 0.3 is 5.97 Å². The fourth-order valence-corrected chi connectivity index (χ4v) is 3.99. The topological polar surface area (TPSA) is 108 Å². The van der Waals surface area contributed by atoms with Crippen LogP contribution in [0.4, 0.5) is 5.69 Å². The van der Waals surface area contributed by atoms with E-state index in [9.17, 15) is 19.6 Å². The lowest BCUT2D eigenvalue weighted by atomic mass is 9.90. The number of hydrogen-bond acceptors (Lipinski definition) is 6. The van der Waals surface area contributed by atoms with Gasteiger partial charge in [0.1, 0.15) is 5.75 Å². The smallest absolute Gasteiger partial charge is 0.308 e. The van der Waals surface area contributed by atoms with Gasteiger partial charge in [-0.15, -0.1) is 0 Å². The normalized spacial score (nSPS) is 14.6. The molecular weight excluding hydrogens is 422 g/mol. The number of anilines is 1. The van der Waals surface area contributed by atoms with Crippen LogP contribution in [0.15, 0.2) is 53.7 Å². The summed E-state index contributed by atoms with van der Waals surface area (Å²) < 4.78 is 5.36. The fourth-order valence-electron chi connectivity index (χ4n) is 3.99. The summed E-state index contributed by atoms with van der Waals surface area (Å²) in [6.45, 7) is 4.34. The minimum Gasteiger partial charge on any atom is -0.426 e. The first-order chi connectivity index (χ1) is 15.9. The molecule has 0 radical (unpaired) electrons. The quantitative estimate of drug-likeness (QED) is 0.217. The van der Waals surface area contributed by atoms with Crippen LogP contribution in [0.1, 0.15) is 55.5 Å². The Morgan fingerprint density at radius 2 is 1.79 bits per heavy atom. The number of hydrogen-bond donors (Lipinski definition) is 2. The Morgan fingerprint density at radius 3 is 2.39 bits per heavy atom. The third-order valence-electron chi connectivity index (χ3n) is 5.81. The maximum Gasteiger partial charge on any atom is 0.308 e. The lowest BCUT2D eigenvalue weighted by molar-refractivity contribution is -0.132. The standard InChI is InChI=1S/C25H29N3O5/c1-17(29)28-14-12-19(13-15-28)8-11-23(27-32)22-10-9-21(16-24(22)33-18(2)30)26-25(31)20-6-4-3-5-7-20/h3-7,9-10,16,19,32H,8,11-15H2,1-2H3,(H,26,31). The van der Waals surface area contributed by atoms with Crippen molar-refractivity contribution in [1.82, 2.24) is 4.90 Å². The second-order valence-electron chi connectivity index (χ2n) is 8.16. The maximum atomic E-state index is 12.5. The second kappa shape index (κ2) is 11.3. The van der Waals surface area contributed by atoms with Crippen LogP contribution in [0.3, 0.4) is 0 Å². The third kappa shape index (κ3) is 6.65. The molecule has 3 rings (SSSR count). The average molecular weight is 452 g/mol. The van der Waals surface area contributed by atoms with Crippen molar-refractivity contribution in [1.29, 1.82) is 0 Å². The van der Waals surface area contributed by atoms with Gasteiger partial charge in [0.05, 0.1) is 5.71 Å². The number of carbonyl (C=O) groups excluding carboxylic acids is 3. The van der Waals surface area contributed by atoms with Crippen molar-refractivity contribution in [3.05, 3.63) is 59.7 Å². The molecule has 1 saturated heterocycles. The summed E-state index contributed by atoms with van der Waals surface area (Å²) in [5.41, 5.74) is 1.86. The number of piperidine rings is 1. The molecule has 33 heavy (non-hydrogen) atoms. The van der Waals surface area contributed by atoms with E-state index in [0.717, 1.165) is 32.4 Å². The molecule has 174 valence electrons. The largest absolute Gasteiger partial charge is 0.426 e. The molecule has 2 N–H and O–H groups in total. The molecule has 1 fully saturated rings. The molecule has 0 saturated carbocycles. The van der Waals surface area contributed by atoms with Crippen molar-refractivity contribution < 1.29 is 24.3 Å². The van der Waals surface area contributed by atoms with Crippen molar-refractivity contribution >= 4 is 29.2 Å². The predicted molar refractivity (Wildman–Crippen MR) is 125 cm³/mol. The molecule has 1 aliphatic heterocycles. The Labute approximate surface area is 193 Å². The van der Waals surface area contributed by atoms with Gasteiger partial charge in [-0.25, -0.2) is 0 Å². The number of carbonyl (C=O) groups is 3. The molecule has 2 aromatic rings. The third-order valence-corrected chi connectivity index (χ3v) is 5.81. The van der Waals surface area contributed by atoms with Gasteiger partial charge in [-0.05, 0) is 55.9 Å². The van der Waals surface area contributed by atoms with E-state index >= 15 is 0 Å². The monoisotopic (exact) mass is 451 g/mol.